The molecule has 4 heterocycles. The zero-order chi connectivity index (χ0) is 19.1. The minimum absolute atomic E-state index is 0.00929. The number of piperazine rings is 1. The van der Waals surface area contributed by atoms with Crippen molar-refractivity contribution in [2.75, 3.05) is 13.1 Å². The Kier molecular flexibility index (Phi) is 4.31. The second kappa shape index (κ2) is 6.97. The Bertz CT molecular complexity index is 881. The molecule has 1 aliphatic carbocycles. The summed E-state index contributed by atoms with van der Waals surface area (Å²) in [5.74, 6) is 1.57. The summed E-state index contributed by atoms with van der Waals surface area (Å²) >= 11 is 0. The monoisotopic (exact) mass is 382 g/mol. The Balaban J connectivity index is 1.25. The lowest BCUT2D eigenvalue weighted by Crippen LogP contribution is -2.58. The van der Waals surface area contributed by atoms with Crippen LogP contribution in [0.4, 0.5) is 0 Å². The fourth-order valence-corrected chi connectivity index (χ4v) is 4.07. The Labute approximate surface area is 161 Å². The minimum Gasteiger partial charge on any atom is -0.425 e. The molecule has 0 aromatic carbocycles. The van der Waals surface area contributed by atoms with Crippen LogP contribution in [-0.2, 0) is 11.2 Å². The summed E-state index contributed by atoms with van der Waals surface area (Å²) in [6.45, 7) is 1.16. The van der Waals surface area contributed by atoms with Crippen LogP contribution >= 0.6 is 0 Å². The van der Waals surface area contributed by atoms with Gasteiger partial charge in [-0.1, -0.05) is 6.07 Å². The van der Waals surface area contributed by atoms with Crippen molar-refractivity contribution < 1.29 is 14.0 Å². The van der Waals surface area contributed by atoms with Crippen LogP contribution < -0.4 is 10.6 Å². The molecule has 0 unspecified atom stereocenters. The summed E-state index contributed by atoms with van der Waals surface area (Å²) in [5, 5.41) is 14.3. The van der Waals surface area contributed by atoms with Gasteiger partial charge in [-0.15, -0.1) is 10.2 Å². The predicted octanol–water partition coefficient (Wildman–Crippen LogP) is 0.256. The van der Waals surface area contributed by atoms with Gasteiger partial charge in [0, 0.05) is 43.7 Å². The molecule has 0 spiro atoms. The number of carbonyl (C=O) groups is 2. The zero-order valence-electron chi connectivity index (χ0n) is 15.4. The lowest BCUT2D eigenvalue weighted by molar-refractivity contribution is -0.129. The maximum absolute atomic E-state index is 12.4. The first-order valence-electron chi connectivity index (χ1n) is 9.75. The zero-order valence-corrected chi connectivity index (χ0v) is 15.4. The van der Waals surface area contributed by atoms with E-state index in [9.17, 15) is 9.59 Å². The molecule has 5 rings (SSSR count). The van der Waals surface area contributed by atoms with Crippen molar-refractivity contribution in [3.05, 3.63) is 41.9 Å². The quantitative estimate of drug-likeness (QED) is 0.762. The number of hydrogen-bond acceptors (Lipinski definition) is 7. The van der Waals surface area contributed by atoms with Crippen molar-refractivity contribution in [3.8, 4) is 0 Å². The van der Waals surface area contributed by atoms with E-state index < -0.39 is 0 Å². The molecular weight excluding hydrogens is 360 g/mol. The molecule has 9 heteroatoms. The number of fused-ring (bicyclic) bond motifs is 1. The number of amides is 2. The third-order valence-corrected chi connectivity index (χ3v) is 5.67. The average molecular weight is 382 g/mol. The molecular formula is C19H22N6O3. The predicted molar refractivity (Wildman–Crippen MR) is 97.4 cm³/mol. The molecule has 9 nitrogen and oxygen atoms in total. The summed E-state index contributed by atoms with van der Waals surface area (Å²) in [4.78, 5) is 31.0. The van der Waals surface area contributed by atoms with Crippen LogP contribution in [-0.4, -0.2) is 63.1 Å². The molecule has 2 aromatic heterocycles. The standard InChI is InChI=1S/C19H22N6O3/c26-17(14-3-1-2-6-20-14)22-12-7-15-18(27)21-9-13(25(15)10-12)8-16-23-24-19(28-16)11-4-5-11/h1-3,6,11-13,15H,4-5,7-10H2,(H,21,27)(H,22,26)/t12-,13+,15-/m0/s1. The van der Waals surface area contributed by atoms with Gasteiger partial charge in [-0.3, -0.25) is 19.5 Å². The highest BCUT2D eigenvalue weighted by Crippen LogP contribution is 2.39. The van der Waals surface area contributed by atoms with Gasteiger partial charge in [-0.05, 0) is 31.4 Å². The SMILES string of the molecule is O=C(N[C@H]1C[C@H]2C(=O)NC[C@@H](Cc3nnc(C4CC4)o3)N2C1)c1ccccn1. The van der Waals surface area contributed by atoms with Crippen LogP contribution in [0, 0.1) is 0 Å². The Morgan fingerprint density at radius 2 is 2.21 bits per heavy atom. The third kappa shape index (κ3) is 3.37. The summed E-state index contributed by atoms with van der Waals surface area (Å²) in [6, 6.07) is 4.96. The Morgan fingerprint density at radius 3 is 3.00 bits per heavy atom. The molecule has 28 heavy (non-hydrogen) atoms. The fourth-order valence-electron chi connectivity index (χ4n) is 4.07. The van der Waals surface area contributed by atoms with E-state index >= 15 is 0 Å². The van der Waals surface area contributed by atoms with E-state index in [2.05, 4.69) is 30.7 Å². The highest BCUT2D eigenvalue weighted by atomic mass is 16.4. The average Bonchev–Trinajstić information content (AvgIpc) is 3.30. The maximum Gasteiger partial charge on any atom is 0.270 e. The molecule has 2 amide bonds. The lowest BCUT2D eigenvalue weighted by atomic mass is 10.1. The summed E-state index contributed by atoms with van der Waals surface area (Å²) in [6.07, 6.45) is 5.01. The van der Waals surface area contributed by atoms with E-state index in [-0.39, 0.29) is 29.9 Å². The molecule has 3 atom stereocenters. The number of nitrogens with zero attached hydrogens (tertiary/aromatic N) is 4. The normalized spacial score (nSPS) is 27.3. The van der Waals surface area contributed by atoms with Crippen LogP contribution in [0.3, 0.4) is 0 Å². The van der Waals surface area contributed by atoms with Gasteiger partial charge < -0.3 is 15.1 Å². The Hall–Kier alpha value is -2.81. The number of rotatable bonds is 5. The molecule has 2 N–H and O–H groups in total. The Morgan fingerprint density at radius 1 is 1.32 bits per heavy atom. The van der Waals surface area contributed by atoms with Crippen molar-refractivity contribution in [1.29, 1.82) is 0 Å². The van der Waals surface area contributed by atoms with Gasteiger partial charge in [-0.25, -0.2) is 0 Å². The largest absolute Gasteiger partial charge is 0.425 e. The topological polar surface area (TPSA) is 113 Å². The number of pyridine rings is 1. The molecule has 2 aliphatic heterocycles. The first-order chi connectivity index (χ1) is 13.7. The summed E-state index contributed by atoms with van der Waals surface area (Å²) in [5.41, 5.74) is 0.381. The van der Waals surface area contributed by atoms with Gasteiger partial charge in [0.15, 0.2) is 0 Å². The van der Waals surface area contributed by atoms with Crippen LogP contribution in [0.1, 0.15) is 47.5 Å². The van der Waals surface area contributed by atoms with Crippen molar-refractivity contribution in [1.82, 2.24) is 30.7 Å². The van der Waals surface area contributed by atoms with E-state index in [4.69, 9.17) is 4.42 Å². The van der Waals surface area contributed by atoms with E-state index in [1.165, 1.54) is 0 Å². The number of carbonyl (C=O) groups excluding carboxylic acids is 2. The van der Waals surface area contributed by atoms with Crippen LogP contribution in [0.15, 0.2) is 28.8 Å². The van der Waals surface area contributed by atoms with Crippen molar-refractivity contribution in [2.45, 2.75) is 49.7 Å². The summed E-state index contributed by atoms with van der Waals surface area (Å²) < 4.78 is 5.80. The van der Waals surface area contributed by atoms with Crippen LogP contribution in [0.25, 0.3) is 0 Å². The van der Waals surface area contributed by atoms with Gasteiger partial charge in [-0.2, -0.15) is 0 Å². The van der Waals surface area contributed by atoms with Crippen molar-refractivity contribution in [2.24, 2.45) is 0 Å². The summed E-state index contributed by atoms with van der Waals surface area (Å²) in [7, 11) is 0. The van der Waals surface area contributed by atoms with Gasteiger partial charge in [0.1, 0.15) is 5.69 Å². The first kappa shape index (κ1) is 17.3. The molecule has 3 fully saturated rings. The highest BCUT2D eigenvalue weighted by molar-refractivity contribution is 5.92. The van der Waals surface area contributed by atoms with E-state index in [0.29, 0.717) is 43.4 Å². The van der Waals surface area contributed by atoms with Crippen LogP contribution in [0.2, 0.25) is 0 Å². The number of hydrogen-bond donors (Lipinski definition) is 2. The molecule has 146 valence electrons. The number of nitrogens with one attached hydrogen (secondary N) is 2. The maximum atomic E-state index is 12.4. The number of aromatic nitrogens is 3. The second-order valence-electron chi connectivity index (χ2n) is 7.75. The van der Waals surface area contributed by atoms with E-state index in [1.807, 2.05) is 0 Å². The molecule has 1 saturated carbocycles. The fraction of sp³-hybridized carbons (Fsp3) is 0.526. The van der Waals surface area contributed by atoms with Gasteiger partial charge >= 0.3 is 0 Å². The molecule has 0 radical (unpaired) electrons. The van der Waals surface area contributed by atoms with E-state index in [0.717, 1.165) is 18.7 Å². The van der Waals surface area contributed by atoms with E-state index in [1.54, 1.807) is 24.4 Å². The molecule has 0 bridgehead atoms. The van der Waals surface area contributed by atoms with Gasteiger partial charge in [0.05, 0.1) is 6.04 Å². The molecule has 3 aliphatic rings. The van der Waals surface area contributed by atoms with Crippen molar-refractivity contribution >= 4 is 11.8 Å². The van der Waals surface area contributed by atoms with Crippen LogP contribution in [0.5, 0.6) is 0 Å². The minimum atomic E-state index is -0.251. The molecule has 2 saturated heterocycles. The van der Waals surface area contributed by atoms with Crippen molar-refractivity contribution in [3.63, 3.8) is 0 Å². The van der Waals surface area contributed by atoms with Gasteiger partial charge in [0.25, 0.3) is 5.91 Å². The second-order valence-corrected chi connectivity index (χ2v) is 7.75. The third-order valence-electron chi connectivity index (χ3n) is 5.67. The lowest BCUT2D eigenvalue weighted by Gasteiger charge is -2.36. The molecule has 2 aromatic rings. The first-order valence-corrected chi connectivity index (χ1v) is 9.75. The van der Waals surface area contributed by atoms with Gasteiger partial charge in [0.2, 0.25) is 17.7 Å². The smallest absolute Gasteiger partial charge is 0.270 e. The highest BCUT2D eigenvalue weighted by Gasteiger charge is 2.44.